The molecule has 8 heteroatoms. The van der Waals surface area contributed by atoms with Crippen LogP contribution in [0.4, 0.5) is 10.6 Å². The molecule has 1 fully saturated rings. The maximum Gasteiger partial charge on any atom is 0.409 e. The van der Waals surface area contributed by atoms with Crippen molar-refractivity contribution in [2.24, 2.45) is 0 Å². The zero-order valence-corrected chi connectivity index (χ0v) is 13.0. The lowest BCUT2D eigenvalue weighted by Gasteiger charge is -2.34. The second-order valence-corrected chi connectivity index (χ2v) is 4.74. The lowest BCUT2D eigenvalue weighted by atomic mass is 10.3. The van der Waals surface area contributed by atoms with E-state index in [2.05, 4.69) is 15.1 Å². The summed E-state index contributed by atoms with van der Waals surface area (Å²) in [4.78, 5) is 15.4. The number of carbonyl (C=O) groups is 1. The van der Waals surface area contributed by atoms with Gasteiger partial charge in [0.05, 0.1) is 13.2 Å². The molecule has 2 heterocycles. The van der Waals surface area contributed by atoms with E-state index < -0.39 is 0 Å². The van der Waals surface area contributed by atoms with Crippen LogP contribution < -0.4 is 9.64 Å². The van der Waals surface area contributed by atoms with Crippen molar-refractivity contribution in [3.05, 3.63) is 12.1 Å². The largest absolute Gasteiger partial charge is 0.474 e. The van der Waals surface area contributed by atoms with Crippen molar-refractivity contribution in [2.75, 3.05) is 58.0 Å². The van der Waals surface area contributed by atoms with E-state index in [-0.39, 0.29) is 6.09 Å². The highest BCUT2D eigenvalue weighted by Crippen LogP contribution is 2.15. The molecule has 0 aromatic carbocycles. The number of carbonyl (C=O) groups excluding carboxylic acids is 1. The summed E-state index contributed by atoms with van der Waals surface area (Å²) in [5.41, 5.74) is 0. The topological polar surface area (TPSA) is 77.0 Å². The molecule has 1 aliphatic rings. The normalized spacial score (nSPS) is 14.8. The molecule has 0 unspecified atom stereocenters. The van der Waals surface area contributed by atoms with E-state index >= 15 is 0 Å². The minimum Gasteiger partial charge on any atom is -0.474 e. The van der Waals surface area contributed by atoms with E-state index in [0.717, 1.165) is 5.82 Å². The van der Waals surface area contributed by atoms with Crippen LogP contribution in [0.2, 0.25) is 0 Å². The zero-order chi connectivity index (χ0) is 15.8. The van der Waals surface area contributed by atoms with Crippen molar-refractivity contribution in [3.8, 4) is 5.88 Å². The molecule has 1 aromatic rings. The summed E-state index contributed by atoms with van der Waals surface area (Å²) in [6, 6.07) is 3.66. The molecule has 1 saturated heterocycles. The molecule has 1 aromatic heterocycles. The lowest BCUT2D eigenvalue weighted by Crippen LogP contribution is -2.49. The first-order valence-corrected chi connectivity index (χ1v) is 7.36. The summed E-state index contributed by atoms with van der Waals surface area (Å²) in [5.74, 6) is 1.26. The Kier molecular flexibility index (Phi) is 6.20. The van der Waals surface area contributed by atoms with Gasteiger partial charge in [0.2, 0.25) is 5.88 Å². The van der Waals surface area contributed by atoms with Gasteiger partial charge in [0.25, 0.3) is 0 Å². The number of methoxy groups -OCH3 is 1. The molecular weight excluding hydrogens is 288 g/mol. The first-order valence-electron chi connectivity index (χ1n) is 7.36. The number of piperazine rings is 1. The summed E-state index contributed by atoms with van der Waals surface area (Å²) in [6.45, 7) is 5.81. The fourth-order valence-electron chi connectivity index (χ4n) is 2.12. The van der Waals surface area contributed by atoms with Crippen LogP contribution in [0.1, 0.15) is 6.92 Å². The Morgan fingerprint density at radius 3 is 2.55 bits per heavy atom. The van der Waals surface area contributed by atoms with E-state index in [1.165, 1.54) is 0 Å². The van der Waals surface area contributed by atoms with E-state index in [1.54, 1.807) is 25.0 Å². The van der Waals surface area contributed by atoms with Gasteiger partial charge >= 0.3 is 6.09 Å². The van der Waals surface area contributed by atoms with Crippen molar-refractivity contribution in [3.63, 3.8) is 0 Å². The Balaban J connectivity index is 1.82. The second-order valence-electron chi connectivity index (χ2n) is 4.74. The molecule has 1 amide bonds. The number of hydrogen-bond acceptors (Lipinski definition) is 7. The zero-order valence-electron chi connectivity index (χ0n) is 13.0. The molecule has 0 N–H and O–H groups in total. The number of aromatic nitrogens is 2. The van der Waals surface area contributed by atoms with Crippen LogP contribution in [0.15, 0.2) is 12.1 Å². The van der Waals surface area contributed by atoms with E-state index in [4.69, 9.17) is 14.2 Å². The van der Waals surface area contributed by atoms with Crippen LogP contribution in [-0.4, -0.2) is 74.3 Å². The molecule has 0 atom stereocenters. The third-order valence-electron chi connectivity index (χ3n) is 3.29. The summed E-state index contributed by atoms with van der Waals surface area (Å²) in [5, 5.41) is 8.20. The monoisotopic (exact) mass is 310 g/mol. The Morgan fingerprint density at radius 2 is 1.95 bits per heavy atom. The van der Waals surface area contributed by atoms with Crippen molar-refractivity contribution >= 4 is 11.9 Å². The molecule has 22 heavy (non-hydrogen) atoms. The lowest BCUT2D eigenvalue weighted by molar-refractivity contribution is 0.105. The van der Waals surface area contributed by atoms with Crippen LogP contribution in [0.3, 0.4) is 0 Å². The van der Waals surface area contributed by atoms with Gasteiger partial charge in [0.15, 0.2) is 5.82 Å². The van der Waals surface area contributed by atoms with Crippen LogP contribution in [0.5, 0.6) is 5.88 Å². The molecule has 0 radical (unpaired) electrons. The predicted octanol–water partition coefficient (Wildman–Crippen LogP) is 0.780. The molecule has 0 bridgehead atoms. The summed E-state index contributed by atoms with van der Waals surface area (Å²) < 4.78 is 15.3. The molecule has 0 saturated carbocycles. The molecule has 8 nitrogen and oxygen atoms in total. The molecule has 1 aliphatic heterocycles. The summed E-state index contributed by atoms with van der Waals surface area (Å²) in [6.07, 6.45) is -0.255. The number of rotatable bonds is 6. The van der Waals surface area contributed by atoms with Crippen LogP contribution in [-0.2, 0) is 9.47 Å². The quantitative estimate of drug-likeness (QED) is 0.719. The summed E-state index contributed by atoms with van der Waals surface area (Å²) >= 11 is 0. The third-order valence-corrected chi connectivity index (χ3v) is 3.29. The van der Waals surface area contributed by atoms with Gasteiger partial charge in [-0.25, -0.2) is 4.79 Å². The third kappa shape index (κ3) is 4.45. The average molecular weight is 310 g/mol. The van der Waals surface area contributed by atoms with Crippen molar-refractivity contribution in [1.29, 1.82) is 0 Å². The number of amides is 1. The van der Waals surface area contributed by atoms with Gasteiger partial charge in [0, 0.05) is 39.4 Å². The van der Waals surface area contributed by atoms with Crippen molar-refractivity contribution < 1.29 is 19.0 Å². The molecule has 0 aliphatic carbocycles. The van der Waals surface area contributed by atoms with Gasteiger partial charge in [-0.2, -0.15) is 0 Å². The minimum absolute atomic E-state index is 0.255. The van der Waals surface area contributed by atoms with E-state index in [1.807, 2.05) is 6.07 Å². The maximum atomic E-state index is 11.6. The Hall–Kier alpha value is -2.09. The van der Waals surface area contributed by atoms with Crippen molar-refractivity contribution in [1.82, 2.24) is 15.1 Å². The Bertz CT molecular complexity index is 460. The maximum absolute atomic E-state index is 11.6. The van der Waals surface area contributed by atoms with Gasteiger partial charge in [-0.05, 0) is 13.0 Å². The Labute approximate surface area is 130 Å². The Morgan fingerprint density at radius 1 is 1.18 bits per heavy atom. The van der Waals surface area contributed by atoms with Crippen molar-refractivity contribution in [2.45, 2.75) is 6.92 Å². The first kappa shape index (κ1) is 16.3. The number of hydrogen-bond donors (Lipinski definition) is 0. The van der Waals surface area contributed by atoms with Gasteiger partial charge in [-0.15, -0.1) is 10.2 Å². The molecule has 2 rings (SSSR count). The predicted molar refractivity (Wildman–Crippen MR) is 80.2 cm³/mol. The van der Waals surface area contributed by atoms with E-state index in [0.29, 0.717) is 51.9 Å². The van der Waals surface area contributed by atoms with Gasteiger partial charge in [-0.1, -0.05) is 0 Å². The highest BCUT2D eigenvalue weighted by molar-refractivity contribution is 5.68. The number of anilines is 1. The van der Waals surface area contributed by atoms with Gasteiger partial charge < -0.3 is 24.0 Å². The van der Waals surface area contributed by atoms with Crippen LogP contribution >= 0.6 is 0 Å². The highest BCUT2D eigenvalue weighted by Gasteiger charge is 2.22. The van der Waals surface area contributed by atoms with Gasteiger partial charge in [0.1, 0.15) is 6.61 Å². The SMILES string of the molecule is CCOC(=O)N1CCN(c2ccc(OCCOC)nn2)CC1. The standard InChI is InChI=1S/C14H22N4O4/c1-3-21-14(19)18-8-6-17(7-9-18)12-4-5-13(16-15-12)22-11-10-20-2/h4-5H,3,6-11H2,1-2H3. The van der Waals surface area contributed by atoms with Crippen LogP contribution in [0, 0.1) is 0 Å². The first-order chi connectivity index (χ1) is 10.7. The van der Waals surface area contributed by atoms with Crippen LogP contribution in [0.25, 0.3) is 0 Å². The summed E-state index contributed by atoms with van der Waals surface area (Å²) in [7, 11) is 1.62. The number of nitrogens with zero attached hydrogens (tertiary/aromatic N) is 4. The molecule has 122 valence electrons. The van der Waals surface area contributed by atoms with Gasteiger partial charge in [-0.3, -0.25) is 0 Å². The average Bonchev–Trinajstić information content (AvgIpc) is 2.56. The fraction of sp³-hybridized carbons (Fsp3) is 0.643. The fourth-order valence-corrected chi connectivity index (χ4v) is 2.12. The second kappa shape index (κ2) is 8.38. The van der Waals surface area contributed by atoms with E-state index in [9.17, 15) is 4.79 Å². The number of ether oxygens (including phenoxy) is 3. The molecule has 0 spiro atoms. The highest BCUT2D eigenvalue weighted by atomic mass is 16.6. The minimum atomic E-state index is -0.255. The smallest absolute Gasteiger partial charge is 0.409 e. The molecular formula is C14H22N4O4.